The summed E-state index contributed by atoms with van der Waals surface area (Å²) in [5.74, 6) is 1.29. The normalized spacial score (nSPS) is 26.2. The number of carbonyl (C=O) groups is 1. The zero-order valence-corrected chi connectivity index (χ0v) is 10.0. The first-order chi connectivity index (χ1) is 8.74. The van der Waals surface area contributed by atoms with E-state index in [4.69, 9.17) is 15.2 Å². The van der Waals surface area contributed by atoms with Crippen LogP contribution in [-0.4, -0.2) is 42.6 Å². The average Bonchev–Trinajstić information content (AvgIpc) is 2.84. The maximum absolute atomic E-state index is 12.2. The third-order valence-corrected chi connectivity index (χ3v) is 3.32. The molecule has 0 saturated carbocycles. The maximum atomic E-state index is 12.2. The molecule has 18 heavy (non-hydrogen) atoms. The molecule has 1 amide bonds. The van der Waals surface area contributed by atoms with Gasteiger partial charge in [-0.1, -0.05) is 12.1 Å². The molecule has 96 valence electrons. The number of benzene rings is 1. The maximum Gasteiger partial charge on any atom is 0.267 e. The Bertz CT molecular complexity index is 463. The van der Waals surface area contributed by atoms with Crippen LogP contribution in [0.1, 0.15) is 6.42 Å². The number of ether oxygens (including phenoxy) is 2. The molecule has 5 heteroatoms. The van der Waals surface area contributed by atoms with Crippen molar-refractivity contribution in [2.45, 2.75) is 18.6 Å². The fourth-order valence-electron chi connectivity index (χ4n) is 2.33. The highest BCUT2D eigenvalue weighted by atomic mass is 16.6. The molecular formula is C13H16N2O3. The molecular weight excluding hydrogens is 232 g/mol. The van der Waals surface area contributed by atoms with Gasteiger partial charge in [-0.2, -0.15) is 0 Å². The van der Waals surface area contributed by atoms with E-state index in [0.717, 1.165) is 6.42 Å². The van der Waals surface area contributed by atoms with Crippen molar-refractivity contribution in [2.24, 2.45) is 5.73 Å². The van der Waals surface area contributed by atoms with E-state index in [2.05, 4.69) is 0 Å². The summed E-state index contributed by atoms with van der Waals surface area (Å²) in [6.45, 7) is 1.59. The Kier molecular flexibility index (Phi) is 2.83. The monoisotopic (exact) mass is 248 g/mol. The lowest BCUT2D eigenvalue weighted by Crippen LogP contribution is -2.46. The fraction of sp³-hybridized carbons (Fsp3) is 0.462. The fourth-order valence-corrected chi connectivity index (χ4v) is 2.33. The molecule has 1 fully saturated rings. The average molecular weight is 248 g/mol. The van der Waals surface area contributed by atoms with Crippen LogP contribution in [0.3, 0.4) is 0 Å². The summed E-state index contributed by atoms with van der Waals surface area (Å²) in [5, 5.41) is 0. The molecule has 0 spiro atoms. The number of fused-ring (bicyclic) bond motifs is 1. The summed E-state index contributed by atoms with van der Waals surface area (Å²) in [6, 6.07) is 7.47. The van der Waals surface area contributed by atoms with Gasteiger partial charge in [-0.15, -0.1) is 0 Å². The van der Waals surface area contributed by atoms with Crippen LogP contribution in [0.25, 0.3) is 0 Å². The summed E-state index contributed by atoms with van der Waals surface area (Å²) in [5.41, 5.74) is 5.80. The predicted molar refractivity (Wildman–Crippen MR) is 65.5 cm³/mol. The Labute approximate surface area is 105 Å². The van der Waals surface area contributed by atoms with Gasteiger partial charge in [0, 0.05) is 19.1 Å². The number of nitrogens with zero attached hydrogens (tertiary/aromatic N) is 1. The van der Waals surface area contributed by atoms with Crippen LogP contribution in [-0.2, 0) is 4.79 Å². The van der Waals surface area contributed by atoms with Crippen molar-refractivity contribution in [1.82, 2.24) is 4.90 Å². The second kappa shape index (κ2) is 4.49. The summed E-state index contributed by atoms with van der Waals surface area (Å²) in [4.78, 5) is 14.0. The Morgan fingerprint density at radius 1 is 1.33 bits per heavy atom. The predicted octanol–water partition coefficient (Wildman–Crippen LogP) is 0.386. The van der Waals surface area contributed by atoms with Gasteiger partial charge in [-0.3, -0.25) is 4.79 Å². The molecule has 0 aliphatic carbocycles. The summed E-state index contributed by atoms with van der Waals surface area (Å²) >= 11 is 0. The van der Waals surface area contributed by atoms with Crippen LogP contribution in [0.4, 0.5) is 0 Å². The van der Waals surface area contributed by atoms with Gasteiger partial charge in [0.15, 0.2) is 11.5 Å². The van der Waals surface area contributed by atoms with E-state index in [9.17, 15) is 4.79 Å². The van der Waals surface area contributed by atoms with Crippen LogP contribution in [0.15, 0.2) is 24.3 Å². The van der Waals surface area contributed by atoms with Gasteiger partial charge >= 0.3 is 0 Å². The van der Waals surface area contributed by atoms with Gasteiger partial charge in [-0.25, -0.2) is 0 Å². The van der Waals surface area contributed by atoms with Crippen LogP contribution >= 0.6 is 0 Å². The Balaban J connectivity index is 1.70. The van der Waals surface area contributed by atoms with E-state index in [0.29, 0.717) is 24.6 Å². The Morgan fingerprint density at radius 2 is 2.11 bits per heavy atom. The van der Waals surface area contributed by atoms with E-state index in [1.807, 2.05) is 24.3 Å². The molecule has 1 aromatic rings. The van der Waals surface area contributed by atoms with Crippen molar-refractivity contribution in [3.05, 3.63) is 24.3 Å². The van der Waals surface area contributed by atoms with Crippen LogP contribution in [0.2, 0.25) is 0 Å². The zero-order valence-electron chi connectivity index (χ0n) is 10.0. The highest BCUT2D eigenvalue weighted by Gasteiger charge is 2.33. The molecule has 2 aliphatic rings. The first kappa shape index (κ1) is 11.3. The molecule has 5 nitrogen and oxygen atoms in total. The first-order valence-corrected chi connectivity index (χ1v) is 6.17. The van der Waals surface area contributed by atoms with Crippen LogP contribution in [0, 0.1) is 0 Å². The molecule has 3 rings (SSSR count). The number of carbonyl (C=O) groups excluding carboxylic acids is 1. The second-order valence-electron chi connectivity index (χ2n) is 4.70. The largest absolute Gasteiger partial charge is 0.485 e. The highest BCUT2D eigenvalue weighted by Crippen LogP contribution is 2.31. The topological polar surface area (TPSA) is 64.8 Å². The SMILES string of the molecule is N[C@H]1CCN(C(=O)[C@@H]2COc3ccccc3O2)C1. The minimum absolute atomic E-state index is 0.0301. The van der Waals surface area contributed by atoms with Crippen LogP contribution in [0.5, 0.6) is 11.5 Å². The van der Waals surface area contributed by atoms with Gasteiger partial charge in [0.25, 0.3) is 5.91 Å². The number of likely N-dealkylation sites (tertiary alicyclic amines) is 1. The van der Waals surface area contributed by atoms with Crippen molar-refractivity contribution < 1.29 is 14.3 Å². The first-order valence-electron chi connectivity index (χ1n) is 6.17. The third kappa shape index (κ3) is 2.01. The highest BCUT2D eigenvalue weighted by molar-refractivity contribution is 5.82. The van der Waals surface area contributed by atoms with E-state index in [-0.39, 0.29) is 18.6 Å². The van der Waals surface area contributed by atoms with Crippen molar-refractivity contribution >= 4 is 5.91 Å². The lowest BCUT2D eigenvalue weighted by atomic mass is 10.2. The van der Waals surface area contributed by atoms with E-state index >= 15 is 0 Å². The van der Waals surface area contributed by atoms with E-state index < -0.39 is 6.10 Å². The number of nitrogens with two attached hydrogens (primary N) is 1. The zero-order chi connectivity index (χ0) is 12.5. The minimum atomic E-state index is -0.551. The van der Waals surface area contributed by atoms with E-state index in [1.165, 1.54) is 0 Å². The number of rotatable bonds is 1. The lowest BCUT2D eigenvalue weighted by molar-refractivity contribution is -0.140. The summed E-state index contributed by atoms with van der Waals surface area (Å²) in [7, 11) is 0. The van der Waals surface area contributed by atoms with Crippen LogP contribution < -0.4 is 15.2 Å². The number of hydrogen-bond donors (Lipinski definition) is 1. The molecule has 2 atom stereocenters. The third-order valence-electron chi connectivity index (χ3n) is 3.32. The second-order valence-corrected chi connectivity index (χ2v) is 4.70. The standard InChI is InChI=1S/C13H16N2O3/c14-9-5-6-15(7-9)13(16)12-8-17-10-3-1-2-4-11(10)18-12/h1-4,9,12H,5-8,14H2/t9-,12-/m0/s1. The molecule has 2 heterocycles. The van der Waals surface area contributed by atoms with Gasteiger partial charge in [0.2, 0.25) is 6.10 Å². The lowest BCUT2D eigenvalue weighted by Gasteiger charge is -2.28. The molecule has 1 saturated heterocycles. The summed E-state index contributed by atoms with van der Waals surface area (Å²) in [6.07, 6.45) is 0.306. The quantitative estimate of drug-likeness (QED) is 0.780. The minimum Gasteiger partial charge on any atom is -0.485 e. The molecule has 0 unspecified atom stereocenters. The van der Waals surface area contributed by atoms with Crippen molar-refractivity contribution in [1.29, 1.82) is 0 Å². The van der Waals surface area contributed by atoms with Gasteiger partial charge < -0.3 is 20.1 Å². The molecule has 1 aromatic carbocycles. The van der Waals surface area contributed by atoms with Gasteiger partial charge in [-0.05, 0) is 18.6 Å². The number of hydrogen-bond acceptors (Lipinski definition) is 4. The summed E-state index contributed by atoms with van der Waals surface area (Å²) < 4.78 is 11.2. The molecule has 0 bridgehead atoms. The molecule has 0 aromatic heterocycles. The Hall–Kier alpha value is -1.75. The van der Waals surface area contributed by atoms with Crippen molar-refractivity contribution in [2.75, 3.05) is 19.7 Å². The molecule has 0 radical (unpaired) electrons. The smallest absolute Gasteiger partial charge is 0.267 e. The molecule has 2 N–H and O–H groups in total. The number of para-hydroxylation sites is 2. The number of amides is 1. The molecule has 2 aliphatic heterocycles. The van der Waals surface area contributed by atoms with Crippen molar-refractivity contribution in [3.8, 4) is 11.5 Å². The van der Waals surface area contributed by atoms with Gasteiger partial charge in [0.05, 0.1) is 0 Å². The van der Waals surface area contributed by atoms with Crippen molar-refractivity contribution in [3.63, 3.8) is 0 Å². The van der Waals surface area contributed by atoms with Gasteiger partial charge in [0.1, 0.15) is 6.61 Å². The Morgan fingerprint density at radius 3 is 2.83 bits per heavy atom. The van der Waals surface area contributed by atoms with E-state index in [1.54, 1.807) is 4.90 Å².